The van der Waals surface area contributed by atoms with Gasteiger partial charge in [-0.05, 0) is 80.2 Å². The maximum absolute atomic E-state index is 13.1. The molecule has 0 saturated carbocycles. The molecular formula is C28H31BrN4O2. The molecule has 2 aliphatic heterocycles. The van der Waals surface area contributed by atoms with Gasteiger partial charge in [-0.3, -0.25) is 4.79 Å². The van der Waals surface area contributed by atoms with Crippen LogP contribution in [0.4, 0.5) is 5.82 Å². The van der Waals surface area contributed by atoms with E-state index in [2.05, 4.69) is 25.8 Å². The van der Waals surface area contributed by atoms with Gasteiger partial charge in [-0.15, -0.1) is 0 Å². The summed E-state index contributed by atoms with van der Waals surface area (Å²) in [6.07, 6.45) is 6.51. The number of hydrogen-bond acceptors (Lipinski definition) is 5. The number of carbonyl (C=O) groups is 1. The minimum Gasteiger partial charge on any atom is -0.485 e. The third kappa shape index (κ3) is 5.68. The van der Waals surface area contributed by atoms with Crippen LogP contribution in [0.2, 0.25) is 0 Å². The Hall–Kier alpha value is -2.90. The predicted octanol–water partition coefficient (Wildman–Crippen LogP) is 5.37. The molecule has 5 rings (SSSR count). The molecule has 1 aromatic heterocycles. The highest BCUT2D eigenvalue weighted by Crippen LogP contribution is 2.29. The number of amides is 1. The Bertz CT molecular complexity index is 1170. The minimum atomic E-state index is 0.116. The van der Waals surface area contributed by atoms with E-state index in [1.165, 1.54) is 25.9 Å². The van der Waals surface area contributed by atoms with Crippen molar-refractivity contribution in [1.82, 2.24) is 14.8 Å². The van der Waals surface area contributed by atoms with E-state index in [-0.39, 0.29) is 5.91 Å². The van der Waals surface area contributed by atoms with E-state index >= 15 is 0 Å². The van der Waals surface area contributed by atoms with Crippen molar-refractivity contribution < 1.29 is 9.53 Å². The van der Waals surface area contributed by atoms with E-state index in [0.29, 0.717) is 24.2 Å². The number of nitrogen functional groups attached to an aromatic ring is 1. The fourth-order valence-corrected chi connectivity index (χ4v) is 5.49. The lowest BCUT2D eigenvalue weighted by Gasteiger charge is -2.36. The van der Waals surface area contributed by atoms with Gasteiger partial charge in [0.2, 0.25) is 0 Å². The van der Waals surface area contributed by atoms with E-state index in [9.17, 15) is 4.79 Å². The van der Waals surface area contributed by atoms with Crippen molar-refractivity contribution in [3.05, 3.63) is 76.4 Å². The van der Waals surface area contributed by atoms with Crippen LogP contribution in [-0.4, -0.2) is 52.9 Å². The number of aromatic nitrogens is 1. The second-order valence-corrected chi connectivity index (χ2v) is 10.3. The van der Waals surface area contributed by atoms with E-state index in [4.69, 9.17) is 10.5 Å². The molecule has 0 aliphatic carbocycles. The molecular weight excluding hydrogens is 504 g/mol. The lowest BCUT2D eigenvalue weighted by molar-refractivity contribution is 0.0644. The number of halogens is 1. The Labute approximate surface area is 215 Å². The van der Waals surface area contributed by atoms with Crippen molar-refractivity contribution in [1.29, 1.82) is 0 Å². The van der Waals surface area contributed by atoms with Crippen molar-refractivity contribution in [2.45, 2.75) is 38.3 Å². The van der Waals surface area contributed by atoms with Crippen molar-refractivity contribution >= 4 is 27.7 Å². The van der Waals surface area contributed by atoms with Crippen molar-refractivity contribution in [2.75, 3.05) is 31.9 Å². The van der Waals surface area contributed by atoms with Crippen LogP contribution < -0.4 is 10.5 Å². The molecule has 2 aliphatic rings. The lowest BCUT2D eigenvalue weighted by Crippen LogP contribution is -2.45. The topological polar surface area (TPSA) is 71.7 Å². The highest BCUT2D eigenvalue weighted by molar-refractivity contribution is 9.10. The van der Waals surface area contributed by atoms with Crippen molar-refractivity contribution in [3.63, 3.8) is 0 Å². The summed E-state index contributed by atoms with van der Waals surface area (Å²) in [4.78, 5) is 22.0. The van der Waals surface area contributed by atoms with E-state index in [1.54, 1.807) is 6.20 Å². The molecule has 6 nitrogen and oxygen atoms in total. The van der Waals surface area contributed by atoms with Gasteiger partial charge in [0.25, 0.3) is 5.91 Å². The molecule has 0 unspecified atom stereocenters. The molecule has 182 valence electrons. The number of nitrogens with zero attached hydrogens (tertiary/aromatic N) is 3. The molecule has 2 aromatic carbocycles. The maximum atomic E-state index is 13.1. The summed E-state index contributed by atoms with van der Waals surface area (Å²) in [5, 5.41) is 0. The lowest BCUT2D eigenvalue weighted by atomic mass is 10.0. The summed E-state index contributed by atoms with van der Waals surface area (Å²) in [5.74, 6) is 1.02. The number of likely N-dealkylation sites (tertiary alicyclic amines) is 2. The number of hydrogen-bond donors (Lipinski definition) is 1. The molecule has 0 radical (unpaired) electrons. The van der Waals surface area contributed by atoms with Gasteiger partial charge in [0.15, 0.2) is 11.6 Å². The van der Waals surface area contributed by atoms with Gasteiger partial charge in [-0.2, -0.15) is 0 Å². The van der Waals surface area contributed by atoms with Crippen LogP contribution in [-0.2, 0) is 6.61 Å². The van der Waals surface area contributed by atoms with Gasteiger partial charge in [-0.1, -0.05) is 40.2 Å². The van der Waals surface area contributed by atoms with Crippen LogP contribution in [0.15, 0.2) is 65.3 Å². The molecule has 1 amide bonds. The molecule has 2 N–H and O–H groups in total. The zero-order valence-corrected chi connectivity index (χ0v) is 21.4. The number of nitrogens with two attached hydrogens (primary N) is 1. The van der Waals surface area contributed by atoms with Gasteiger partial charge in [0.05, 0.1) is 0 Å². The highest BCUT2D eigenvalue weighted by Gasteiger charge is 2.28. The van der Waals surface area contributed by atoms with Crippen LogP contribution in [0, 0.1) is 0 Å². The van der Waals surface area contributed by atoms with Crippen LogP contribution >= 0.6 is 15.9 Å². The quantitative estimate of drug-likeness (QED) is 0.460. The van der Waals surface area contributed by atoms with Gasteiger partial charge in [-0.25, -0.2) is 4.98 Å². The van der Waals surface area contributed by atoms with Crippen LogP contribution in [0.3, 0.4) is 0 Å². The molecule has 0 bridgehead atoms. The first-order valence-electron chi connectivity index (χ1n) is 12.3. The van der Waals surface area contributed by atoms with E-state index in [1.807, 2.05) is 59.5 Å². The van der Waals surface area contributed by atoms with Gasteiger partial charge >= 0.3 is 0 Å². The number of benzene rings is 2. The van der Waals surface area contributed by atoms with E-state index in [0.717, 1.165) is 52.7 Å². The Morgan fingerprint density at radius 3 is 2.46 bits per heavy atom. The summed E-state index contributed by atoms with van der Waals surface area (Å²) in [7, 11) is 0. The third-order valence-corrected chi connectivity index (χ3v) is 7.53. The fraction of sp³-hybridized carbons (Fsp3) is 0.357. The Balaban J connectivity index is 1.22. The zero-order chi connectivity index (χ0) is 24.2. The zero-order valence-electron chi connectivity index (χ0n) is 19.8. The first kappa shape index (κ1) is 23.8. The molecule has 3 heterocycles. The number of rotatable bonds is 6. The normalized spacial score (nSPS) is 17.0. The largest absolute Gasteiger partial charge is 0.485 e. The van der Waals surface area contributed by atoms with Crippen LogP contribution in [0.1, 0.15) is 41.6 Å². The average molecular weight is 535 g/mol. The number of anilines is 1. The van der Waals surface area contributed by atoms with E-state index < -0.39 is 0 Å². The standard InChI is InChI=1S/C28H31BrN4O2/c29-24-5-3-4-20(16-24)19-35-26-17-23(18-31-27(26)30)21-6-8-22(9-7-21)28(34)33-14-10-25(11-15-33)32-12-1-2-13-32/h3-9,16-18,25H,1-2,10-15,19H2,(H2,30,31). The molecule has 35 heavy (non-hydrogen) atoms. The molecule has 0 spiro atoms. The predicted molar refractivity (Wildman–Crippen MR) is 142 cm³/mol. The molecule has 7 heteroatoms. The molecule has 2 fully saturated rings. The Kier molecular flexibility index (Phi) is 7.35. The SMILES string of the molecule is Nc1ncc(-c2ccc(C(=O)N3CCC(N4CCCC4)CC3)cc2)cc1OCc1cccc(Br)c1. The molecule has 3 aromatic rings. The summed E-state index contributed by atoms with van der Waals surface area (Å²) in [6.45, 7) is 4.51. The Morgan fingerprint density at radius 2 is 1.74 bits per heavy atom. The number of ether oxygens (including phenoxy) is 1. The first-order valence-corrected chi connectivity index (χ1v) is 13.1. The number of pyridine rings is 1. The average Bonchev–Trinajstić information content (AvgIpc) is 3.43. The second kappa shape index (κ2) is 10.8. The summed E-state index contributed by atoms with van der Waals surface area (Å²) in [6, 6.07) is 18.3. The summed E-state index contributed by atoms with van der Waals surface area (Å²) < 4.78 is 6.96. The number of piperidine rings is 1. The maximum Gasteiger partial charge on any atom is 0.253 e. The smallest absolute Gasteiger partial charge is 0.253 e. The fourth-order valence-electron chi connectivity index (χ4n) is 5.05. The molecule has 2 saturated heterocycles. The van der Waals surface area contributed by atoms with Crippen LogP contribution in [0.25, 0.3) is 11.1 Å². The van der Waals surface area contributed by atoms with Gasteiger partial charge in [0, 0.05) is 40.9 Å². The Morgan fingerprint density at radius 1 is 1.00 bits per heavy atom. The van der Waals surface area contributed by atoms with Crippen molar-refractivity contribution in [2.24, 2.45) is 0 Å². The highest BCUT2D eigenvalue weighted by atomic mass is 79.9. The third-order valence-electron chi connectivity index (χ3n) is 7.04. The monoisotopic (exact) mass is 534 g/mol. The first-order chi connectivity index (χ1) is 17.1. The molecule has 0 atom stereocenters. The minimum absolute atomic E-state index is 0.116. The van der Waals surface area contributed by atoms with Gasteiger partial charge in [0.1, 0.15) is 6.61 Å². The van der Waals surface area contributed by atoms with Crippen LogP contribution in [0.5, 0.6) is 5.75 Å². The van der Waals surface area contributed by atoms with Gasteiger partial charge < -0.3 is 20.3 Å². The number of carbonyl (C=O) groups excluding carboxylic acids is 1. The summed E-state index contributed by atoms with van der Waals surface area (Å²) >= 11 is 3.48. The van der Waals surface area contributed by atoms with Crippen molar-refractivity contribution in [3.8, 4) is 16.9 Å². The second-order valence-electron chi connectivity index (χ2n) is 9.37. The summed E-state index contributed by atoms with van der Waals surface area (Å²) in [5.41, 5.74) is 9.69.